The molecule has 0 bridgehead atoms. The van der Waals surface area contributed by atoms with E-state index in [1.165, 1.54) is 0 Å². The molecule has 2 fully saturated rings. The molecule has 1 nitrogen and oxygen atoms in total. The van der Waals surface area contributed by atoms with E-state index in [2.05, 4.69) is 26.8 Å². The van der Waals surface area contributed by atoms with Crippen molar-refractivity contribution in [2.24, 2.45) is 5.41 Å². The highest BCUT2D eigenvalue weighted by atomic mass is 32.2. The molecule has 0 aromatic carbocycles. The quantitative estimate of drug-likeness (QED) is 0.493. The maximum Gasteiger partial charge on any atom is 0.146 e. The number of hydrogen-bond donors (Lipinski definition) is 1. The third kappa shape index (κ3) is 0.822. The largest absolute Gasteiger partial charge is 0.374 e. The van der Waals surface area contributed by atoms with Crippen molar-refractivity contribution in [3.8, 4) is 0 Å². The van der Waals surface area contributed by atoms with Gasteiger partial charge in [-0.1, -0.05) is 26.8 Å². The zero-order valence-corrected chi connectivity index (χ0v) is 9.71. The van der Waals surface area contributed by atoms with Gasteiger partial charge in [-0.25, -0.2) is 0 Å². The lowest BCUT2D eigenvalue weighted by molar-refractivity contribution is 0.125. The minimum absolute atomic E-state index is 0.101. The van der Waals surface area contributed by atoms with Gasteiger partial charge in [-0.2, -0.15) is 0 Å². The summed E-state index contributed by atoms with van der Waals surface area (Å²) in [5, 5.41) is 11.6. The molecule has 1 N–H and O–H groups in total. The van der Waals surface area contributed by atoms with Gasteiger partial charge in [-0.05, 0) is 11.5 Å². The second-order valence-corrected chi connectivity index (χ2v) is 7.96. The highest BCUT2D eigenvalue weighted by Gasteiger charge is 2.81. The lowest BCUT2D eigenvalue weighted by Gasteiger charge is -2.32. The van der Waals surface area contributed by atoms with Crippen LogP contribution in [0.15, 0.2) is 12.2 Å². The molecular weight excluding hydrogens is 200 g/mol. The maximum atomic E-state index is 10.3. The Balaban J connectivity index is 2.07. The smallest absolute Gasteiger partial charge is 0.146 e. The van der Waals surface area contributed by atoms with Crippen LogP contribution in [0.1, 0.15) is 20.8 Å². The molecule has 0 aromatic heterocycles. The van der Waals surface area contributed by atoms with Gasteiger partial charge in [-0.3, -0.25) is 0 Å². The van der Waals surface area contributed by atoms with Crippen LogP contribution in [-0.4, -0.2) is 25.3 Å². The van der Waals surface area contributed by atoms with Crippen molar-refractivity contribution in [3.63, 3.8) is 0 Å². The van der Waals surface area contributed by atoms with Crippen LogP contribution in [0.3, 0.4) is 0 Å². The van der Waals surface area contributed by atoms with Crippen LogP contribution in [0.5, 0.6) is 0 Å². The van der Waals surface area contributed by atoms with Crippen molar-refractivity contribution in [2.75, 3.05) is 0 Å². The average Bonchev–Trinajstić information content (AvgIpc) is 2.72. The summed E-state index contributed by atoms with van der Waals surface area (Å²) < 4.78 is 0.101. The molecule has 0 spiro atoms. The Labute approximate surface area is 87.4 Å². The molecular formula is C10H14OS2. The minimum Gasteiger partial charge on any atom is -0.374 e. The molecule has 1 aliphatic carbocycles. The molecule has 2 aliphatic heterocycles. The molecule has 3 rings (SSSR count). The van der Waals surface area contributed by atoms with E-state index in [0.717, 1.165) is 0 Å². The van der Waals surface area contributed by atoms with E-state index in [1.807, 2.05) is 17.8 Å². The predicted octanol–water partition coefficient (Wildman–Crippen LogP) is 2.26. The highest BCUT2D eigenvalue weighted by Crippen LogP contribution is 2.80. The zero-order valence-electron chi connectivity index (χ0n) is 8.07. The molecule has 4 unspecified atom stereocenters. The Kier molecular flexibility index (Phi) is 1.34. The Morgan fingerprint density at radius 2 is 2.08 bits per heavy atom. The monoisotopic (exact) mass is 214 g/mol. The summed E-state index contributed by atoms with van der Waals surface area (Å²) in [6.07, 6.45) is 4.20. The highest BCUT2D eigenvalue weighted by molar-refractivity contribution is 8.14. The normalized spacial score (nSPS) is 56.9. The van der Waals surface area contributed by atoms with Crippen molar-refractivity contribution < 1.29 is 5.11 Å². The van der Waals surface area contributed by atoms with Crippen molar-refractivity contribution in [1.29, 1.82) is 0 Å². The summed E-state index contributed by atoms with van der Waals surface area (Å²) in [6.45, 7) is 6.73. The molecule has 2 saturated heterocycles. The van der Waals surface area contributed by atoms with Gasteiger partial charge in [-0.15, -0.1) is 23.5 Å². The standard InChI is InChI=1S/C10H14OS2/c1-8(2,3)10-7-6(12-7)4-5-9(10,11)13-10/h4-7,11H,1-3H3. The zero-order chi connectivity index (χ0) is 9.48. The van der Waals surface area contributed by atoms with Crippen molar-refractivity contribution in [2.45, 2.75) is 41.0 Å². The third-order valence-corrected chi connectivity index (χ3v) is 6.94. The van der Waals surface area contributed by atoms with Crippen LogP contribution >= 0.6 is 23.5 Å². The summed E-state index contributed by atoms with van der Waals surface area (Å²) in [5.41, 5.74) is 0.198. The molecule has 13 heavy (non-hydrogen) atoms. The summed E-state index contributed by atoms with van der Waals surface area (Å²) in [5.74, 6) is 0. The Morgan fingerprint density at radius 3 is 2.62 bits per heavy atom. The first-order valence-electron chi connectivity index (χ1n) is 4.68. The first-order chi connectivity index (χ1) is 5.91. The maximum absolute atomic E-state index is 10.3. The van der Waals surface area contributed by atoms with Crippen LogP contribution in [-0.2, 0) is 0 Å². The van der Waals surface area contributed by atoms with E-state index < -0.39 is 4.93 Å². The molecule has 3 aliphatic rings. The summed E-state index contributed by atoms with van der Waals surface area (Å²) in [7, 11) is 0. The van der Waals surface area contributed by atoms with Crippen molar-refractivity contribution >= 4 is 23.5 Å². The van der Waals surface area contributed by atoms with Gasteiger partial charge in [0.25, 0.3) is 0 Å². The van der Waals surface area contributed by atoms with Crippen LogP contribution in [0, 0.1) is 5.41 Å². The van der Waals surface area contributed by atoms with Crippen LogP contribution in [0.2, 0.25) is 0 Å². The number of fused-ring (bicyclic) bond motifs is 3. The summed E-state index contributed by atoms with van der Waals surface area (Å²) in [6, 6.07) is 0. The van der Waals surface area contributed by atoms with Gasteiger partial charge in [0.2, 0.25) is 0 Å². The number of thioether (sulfide) groups is 2. The van der Waals surface area contributed by atoms with Gasteiger partial charge in [0.1, 0.15) is 4.93 Å². The van der Waals surface area contributed by atoms with Crippen LogP contribution < -0.4 is 0 Å². The number of hydrogen-bond acceptors (Lipinski definition) is 3. The molecule has 2 heterocycles. The lowest BCUT2D eigenvalue weighted by atomic mass is 9.73. The van der Waals surface area contributed by atoms with Gasteiger partial charge in [0.15, 0.2) is 0 Å². The predicted molar refractivity (Wildman–Crippen MR) is 59.0 cm³/mol. The fraction of sp³-hybridized carbons (Fsp3) is 0.800. The lowest BCUT2D eigenvalue weighted by Crippen LogP contribution is -2.43. The number of aliphatic hydroxyl groups is 1. The van der Waals surface area contributed by atoms with E-state index in [9.17, 15) is 5.11 Å². The van der Waals surface area contributed by atoms with Gasteiger partial charge >= 0.3 is 0 Å². The van der Waals surface area contributed by atoms with Gasteiger partial charge in [0.05, 0.1) is 4.75 Å². The third-order valence-electron chi connectivity index (χ3n) is 3.36. The Bertz CT molecular complexity index is 307. The van der Waals surface area contributed by atoms with E-state index in [0.29, 0.717) is 10.5 Å². The molecule has 72 valence electrons. The van der Waals surface area contributed by atoms with Gasteiger partial charge in [0, 0.05) is 10.5 Å². The van der Waals surface area contributed by atoms with E-state index in [4.69, 9.17) is 0 Å². The van der Waals surface area contributed by atoms with E-state index >= 15 is 0 Å². The second-order valence-electron chi connectivity index (χ2n) is 5.16. The van der Waals surface area contributed by atoms with Gasteiger partial charge < -0.3 is 5.11 Å². The fourth-order valence-electron chi connectivity index (χ4n) is 2.58. The van der Waals surface area contributed by atoms with Crippen molar-refractivity contribution in [3.05, 3.63) is 12.2 Å². The summed E-state index contributed by atoms with van der Waals surface area (Å²) in [4.78, 5) is -0.546. The van der Waals surface area contributed by atoms with E-state index in [-0.39, 0.29) is 10.2 Å². The fourth-order valence-corrected chi connectivity index (χ4v) is 6.14. The van der Waals surface area contributed by atoms with Crippen LogP contribution in [0.4, 0.5) is 0 Å². The molecule has 0 amide bonds. The topological polar surface area (TPSA) is 20.2 Å². The first-order valence-corrected chi connectivity index (χ1v) is 6.44. The molecule has 3 heteroatoms. The Hall–Kier alpha value is 0.400. The Morgan fingerprint density at radius 1 is 1.38 bits per heavy atom. The number of rotatable bonds is 0. The molecule has 0 aromatic rings. The van der Waals surface area contributed by atoms with Crippen LogP contribution in [0.25, 0.3) is 0 Å². The second kappa shape index (κ2) is 2.00. The molecule has 0 saturated carbocycles. The SMILES string of the molecule is CC(C)(C)C12SC1(O)C=CC1SC12. The first kappa shape index (κ1) is 8.69. The molecule has 0 radical (unpaired) electrons. The van der Waals surface area contributed by atoms with Crippen molar-refractivity contribution in [1.82, 2.24) is 0 Å². The summed E-state index contributed by atoms with van der Waals surface area (Å²) >= 11 is 3.76. The minimum atomic E-state index is -0.546. The molecule has 4 atom stereocenters. The average molecular weight is 214 g/mol. The van der Waals surface area contributed by atoms with E-state index in [1.54, 1.807) is 11.8 Å².